The first-order valence-electron chi connectivity index (χ1n) is 4.00. The van der Waals surface area contributed by atoms with Crippen LogP contribution in [0.5, 0.6) is 0 Å². The van der Waals surface area contributed by atoms with Gasteiger partial charge < -0.3 is 11.1 Å². The third-order valence-electron chi connectivity index (χ3n) is 1.27. The van der Waals surface area contributed by atoms with Crippen LogP contribution in [0.25, 0.3) is 0 Å². The minimum atomic E-state index is -4.67. The standard InChI is InChI=1S/C7H14N2O.H2O4S/c1-4-9-7(10)5(2)6(3)8;1-5(2,3)4/h4,8H2,1-3H3,(H,9,10);(H2,1,2,3,4)/b6-5-;. The Bertz CT molecular complexity index is 321. The molecule has 0 rings (SSSR count). The van der Waals surface area contributed by atoms with Crippen LogP contribution >= 0.6 is 0 Å². The van der Waals surface area contributed by atoms with E-state index in [1.54, 1.807) is 13.8 Å². The van der Waals surface area contributed by atoms with Crippen molar-refractivity contribution in [1.82, 2.24) is 5.32 Å². The molecule has 0 saturated heterocycles. The Morgan fingerprint density at radius 3 is 1.87 bits per heavy atom. The number of likely N-dealkylation sites (N-methyl/N-ethyl adjacent to an activating group) is 1. The van der Waals surface area contributed by atoms with E-state index in [0.29, 0.717) is 17.8 Å². The minimum absolute atomic E-state index is 0.0810. The van der Waals surface area contributed by atoms with Gasteiger partial charge in [0.15, 0.2) is 0 Å². The Labute approximate surface area is 88.9 Å². The van der Waals surface area contributed by atoms with Gasteiger partial charge in [-0.1, -0.05) is 0 Å². The van der Waals surface area contributed by atoms with Crippen LogP contribution < -0.4 is 11.1 Å². The Morgan fingerprint density at radius 2 is 1.67 bits per heavy atom. The highest BCUT2D eigenvalue weighted by Crippen LogP contribution is 1.95. The van der Waals surface area contributed by atoms with Crippen LogP contribution in [-0.2, 0) is 15.2 Å². The van der Waals surface area contributed by atoms with Crippen LogP contribution in [-0.4, -0.2) is 30.0 Å². The molecule has 0 heterocycles. The fourth-order valence-electron chi connectivity index (χ4n) is 0.472. The summed E-state index contributed by atoms with van der Waals surface area (Å²) in [5.41, 5.74) is 6.56. The Kier molecular flexibility index (Phi) is 7.84. The molecular formula is C7H16N2O5S. The average molecular weight is 240 g/mol. The van der Waals surface area contributed by atoms with Gasteiger partial charge in [-0.2, -0.15) is 8.42 Å². The Hall–Kier alpha value is -1.12. The van der Waals surface area contributed by atoms with Crippen molar-refractivity contribution >= 4 is 16.3 Å². The third kappa shape index (κ3) is 15.6. The molecular weight excluding hydrogens is 224 g/mol. The predicted octanol–water partition coefficient (Wildman–Crippen LogP) is -0.278. The number of carbonyl (C=O) groups excluding carboxylic acids is 1. The number of hydrogen-bond acceptors (Lipinski definition) is 4. The molecule has 90 valence electrons. The Balaban J connectivity index is 0. The first-order valence-corrected chi connectivity index (χ1v) is 5.40. The van der Waals surface area contributed by atoms with E-state index in [-0.39, 0.29) is 5.91 Å². The largest absolute Gasteiger partial charge is 0.402 e. The number of hydrogen-bond donors (Lipinski definition) is 4. The fraction of sp³-hybridized carbons (Fsp3) is 0.571. The molecule has 0 fully saturated rings. The summed E-state index contributed by atoms with van der Waals surface area (Å²) in [6, 6.07) is 0. The summed E-state index contributed by atoms with van der Waals surface area (Å²) < 4.78 is 31.6. The zero-order chi connectivity index (χ0) is 12.6. The maximum Gasteiger partial charge on any atom is 0.394 e. The molecule has 0 radical (unpaired) electrons. The van der Waals surface area contributed by atoms with Gasteiger partial charge in [0.05, 0.1) is 0 Å². The molecule has 0 bridgehead atoms. The molecule has 0 aromatic rings. The van der Waals surface area contributed by atoms with Gasteiger partial charge in [0.1, 0.15) is 0 Å². The maximum absolute atomic E-state index is 10.9. The lowest BCUT2D eigenvalue weighted by Crippen LogP contribution is -2.25. The van der Waals surface area contributed by atoms with E-state index < -0.39 is 10.4 Å². The van der Waals surface area contributed by atoms with Crippen molar-refractivity contribution in [2.24, 2.45) is 5.73 Å². The molecule has 0 atom stereocenters. The van der Waals surface area contributed by atoms with E-state index in [0.717, 1.165) is 0 Å². The average Bonchev–Trinajstić information content (AvgIpc) is 2.00. The second-order valence-corrected chi connectivity index (χ2v) is 3.51. The molecule has 5 N–H and O–H groups in total. The molecule has 0 aliphatic rings. The third-order valence-corrected chi connectivity index (χ3v) is 1.27. The molecule has 0 aromatic carbocycles. The van der Waals surface area contributed by atoms with Crippen molar-refractivity contribution < 1.29 is 22.3 Å². The normalized spacial score (nSPS) is 12.1. The van der Waals surface area contributed by atoms with E-state index in [4.69, 9.17) is 23.3 Å². The molecule has 0 unspecified atom stereocenters. The highest BCUT2D eigenvalue weighted by Gasteiger charge is 2.02. The van der Waals surface area contributed by atoms with Gasteiger partial charge in [0.25, 0.3) is 0 Å². The molecule has 15 heavy (non-hydrogen) atoms. The lowest BCUT2D eigenvalue weighted by molar-refractivity contribution is -0.117. The summed E-state index contributed by atoms with van der Waals surface area (Å²) in [6.45, 7) is 5.94. The maximum atomic E-state index is 10.9. The van der Waals surface area contributed by atoms with Gasteiger partial charge >= 0.3 is 10.4 Å². The van der Waals surface area contributed by atoms with Crippen molar-refractivity contribution in [2.75, 3.05) is 6.54 Å². The van der Waals surface area contributed by atoms with Crippen LogP contribution in [0.1, 0.15) is 20.8 Å². The van der Waals surface area contributed by atoms with E-state index in [9.17, 15) is 4.79 Å². The van der Waals surface area contributed by atoms with Gasteiger partial charge in [-0.25, -0.2) is 0 Å². The SMILES string of the molecule is CCNC(=O)/C(C)=C(/C)N.O=S(=O)(O)O. The summed E-state index contributed by atoms with van der Waals surface area (Å²) in [5, 5.41) is 2.65. The lowest BCUT2D eigenvalue weighted by atomic mass is 10.2. The second-order valence-electron chi connectivity index (χ2n) is 2.62. The van der Waals surface area contributed by atoms with Crippen molar-refractivity contribution in [3.8, 4) is 0 Å². The van der Waals surface area contributed by atoms with Crippen molar-refractivity contribution in [3.63, 3.8) is 0 Å². The smallest absolute Gasteiger partial charge is 0.394 e. The molecule has 1 amide bonds. The van der Waals surface area contributed by atoms with Crippen molar-refractivity contribution in [2.45, 2.75) is 20.8 Å². The first kappa shape index (κ1) is 16.3. The zero-order valence-corrected chi connectivity index (χ0v) is 9.63. The van der Waals surface area contributed by atoms with Crippen LogP contribution in [0.3, 0.4) is 0 Å². The number of carbonyl (C=O) groups is 1. The number of amides is 1. The molecule has 7 nitrogen and oxygen atoms in total. The molecule has 0 aliphatic heterocycles. The monoisotopic (exact) mass is 240 g/mol. The van der Waals surface area contributed by atoms with E-state index in [2.05, 4.69) is 5.32 Å². The van der Waals surface area contributed by atoms with Crippen LogP contribution in [0.2, 0.25) is 0 Å². The molecule has 0 aliphatic carbocycles. The summed E-state index contributed by atoms with van der Waals surface area (Å²) >= 11 is 0. The number of nitrogens with two attached hydrogens (primary N) is 1. The zero-order valence-electron chi connectivity index (χ0n) is 8.81. The quantitative estimate of drug-likeness (QED) is 0.388. The summed E-state index contributed by atoms with van der Waals surface area (Å²) in [4.78, 5) is 10.9. The molecule has 0 spiro atoms. The number of allylic oxidation sites excluding steroid dienone is 1. The molecule has 8 heteroatoms. The summed E-state index contributed by atoms with van der Waals surface area (Å²) in [6.07, 6.45) is 0. The topological polar surface area (TPSA) is 130 Å². The van der Waals surface area contributed by atoms with Gasteiger partial charge in [0.2, 0.25) is 5.91 Å². The fourth-order valence-corrected chi connectivity index (χ4v) is 0.472. The minimum Gasteiger partial charge on any atom is -0.402 e. The van der Waals surface area contributed by atoms with Crippen LogP contribution in [0, 0.1) is 0 Å². The van der Waals surface area contributed by atoms with E-state index in [1.807, 2.05) is 6.92 Å². The van der Waals surface area contributed by atoms with Gasteiger partial charge in [0, 0.05) is 17.8 Å². The molecule has 0 saturated carbocycles. The second kappa shape index (κ2) is 7.21. The lowest BCUT2D eigenvalue weighted by Gasteiger charge is -2.02. The summed E-state index contributed by atoms with van der Waals surface area (Å²) in [5.74, 6) is -0.0810. The van der Waals surface area contributed by atoms with E-state index in [1.165, 1.54) is 0 Å². The van der Waals surface area contributed by atoms with Crippen LogP contribution in [0.4, 0.5) is 0 Å². The van der Waals surface area contributed by atoms with Gasteiger partial charge in [-0.15, -0.1) is 0 Å². The highest BCUT2D eigenvalue weighted by atomic mass is 32.3. The van der Waals surface area contributed by atoms with Crippen LogP contribution in [0.15, 0.2) is 11.3 Å². The number of nitrogens with one attached hydrogen (secondary N) is 1. The summed E-state index contributed by atoms with van der Waals surface area (Å²) in [7, 11) is -4.67. The van der Waals surface area contributed by atoms with Gasteiger partial charge in [-0.3, -0.25) is 13.9 Å². The van der Waals surface area contributed by atoms with Crippen molar-refractivity contribution in [1.29, 1.82) is 0 Å². The highest BCUT2D eigenvalue weighted by molar-refractivity contribution is 7.79. The van der Waals surface area contributed by atoms with Gasteiger partial charge in [-0.05, 0) is 20.8 Å². The molecule has 0 aromatic heterocycles. The predicted molar refractivity (Wildman–Crippen MR) is 55.4 cm³/mol. The van der Waals surface area contributed by atoms with E-state index >= 15 is 0 Å². The Morgan fingerprint density at radius 1 is 1.33 bits per heavy atom. The number of rotatable bonds is 2. The first-order chi connectivity index (χ1) is 6.59. The van der Waals surface area contributed by atoms with Crippen molar-refractivity contribution in [3.05, 3.63) is 11.3 Å².